The Morgan fingerprint density at radius 1 is 1.12 bits per heavy atom. The Labute approximate surface area is 143 Å². The summed E-state index contributed by atoms with van der Waals surface area (Å²) in [6.45, 7) is 0.698. The summed E-state index contributed by atoms with van der Waals surface area (Å²) in [6.07, 6.45) is 0. The van der Waals surface area contributed by atoms with Crippen molar-refractivity contribution in [2.75, 3.05) is 26.5 Å². The molecule has 0 aliphatic heterocycles. The highest BCUT2D eigenvalue weighted by Crippen LogP contribution is 2.23. The van der Waals surface area contributed by atoms with Crippen molar-refractivity contribution >= 4 is 35.5 Å². The topological polar surface area (TPSA) is 105 Å². The number of ether oxygens (including phenoxy) is 1. The van der Waals surface area contributed by atoms with Crippen LogP contribution in [0.5, 0.6) is 0 Å². The standard InChI is InChI=1S/C15H19N3O5S/c1-10(19)16-17-13(20)8-23-15(22)11-6-4-5-7-12(11)24-9-14(21)18(2)3/h4-7H,8-9H2,1-3H3,(H,16,19)(H,17,20). The number of hydrogen-bond donors (Lipinski definition) is 2. The number of carbonyl (C=O) groups excluding carboxylic acids is 4. The monoisotopic (exact) mass is 353 g/mol. The summed E-state index contributed by atoms with van der Waals surface area (Å²) in [6, 6.07) is 6.65. The fraction of sp³-hybridized carbons (Fsp3) is 0.333. The summed E-state index contributed by atoms with van der Waals surface area (Å²) in [5, 5.41) is 0. The summed E-state index contributed by atoms with van der Waals surface area (Å²) < 4.78 is 4.91. The molecule has 0 bridgehead atoms. The van der Waals surface area contributed by atoms with Crippen LogP contribution in [0.4, 0.5) is 0 Å². The number of esters is 1. The van der Waals surface area contributed by atoms with Gasteiger partial charge in [-0.1, -0.05) is 12.1 Å². The van der Waals surface area contributed by atoms with Crippen molar-refractivity contribution in [3.8, 4) is 0 Å². The molecule has 24 heavy (non-hydrogen) atoms. The maximum absolute atomic E-state index is 12.1. The second-order valence-corrected chi connectivity index (χ2v) is 5.90. The van der Waals surface area contributed by atoms with Crippen LogP contribution >= 0.6 is 11.8 Å². The van der Waals surface area contributed by atoms with E-state index in [4.69, 9.17) is 4.74 Å². The molecule has 0 radical (unpaired) electrons. The third kappa shape index (κ3) is 6.69. The zero-order chi connectivity index (χ0) is 18.1. The van der Waals surface area contributed by atoms with Gasteiger partial charge in [-0.05, 0) is 12.1 Å². The first-order valence-electron chi connectivity index (χ1n) is 6.95. The van der Waals surface area contributed by atoms with Crippen molar-refractivity contribution < 1.29 is 23.9 Å². The van der Waals surface area contributed by atoms with Crippen LogP contribution in [0.2, 0.25) is 0 Å². The number of nitrogens with one attached hydrogen (secondary N) is 2. The molecule has 0 unspecified atom stereocenters. The summed E-state index contributed by atoms with van der Waals surface area (Å²) in [7, 11) is 3.30. The maximum atomic E-state index is 12.1. The number of thioether (sulfide) groups is 1. The predicted molar refractivity (Wildman–Crippen MR) is 88.1 cm³/mol. The minimum Gasteiger partial charge on any atom is -0.452 e. The summed E-state index contributed by atoms with van der Waals surface area (Å²) in [5.41, 5.74) is 4.44. The van der Waals surface area contributed by atoms with Gasteiger partial charge in [0, 0.05) is 25.9 Å². The lowest BCUT2D eigenvalue weighted by Crippen LogP contribution is -2.42. The van der Waals surface area contributed by atoms with Gasteiger partial charge in [0.1, 0.15) is 0 Å². The molecule has 8 nitrogen and oxygen atoms in total. The number of benzene rings is 1. The van der Waals surface area contributed by atoms with Gasteiger partial charge in [-0.15, -0.1) is 11.8 Å². The number of nitrogens with zero attached hydrogens (tertiary/aromatic N) is 1. The number of hydrazine groups is 1. The van der Waals surface area contributed by atoms with E-state index in [0.717, 1.165) is 0 Å². The molecule has 0 fully saturated rings. The number of amides is 3. The Hall–Kier alpha value is -2.55. The zero-order valence-corrected chi connectivity index (χ0v) is 14.4. The Balaban J connectivity index is 2.62. The number of rotatable bonds is 6. The second-order valence-electron chi connectivity index (χ2n) is 4.88. The van der Waals surface area contributed by atoms with Crippen LogP contribution in [0.1, 0.15) is 17.3 Å². The van der Waals surface area contributed by atoms with E-state index in [9.17, 15) is 19.2 Å². The Morgan fingerprint density at radius 3 is 2.42 bits per heavy atom. The van der Waals surface area contributed by atoms with E-state index >= 15 is 0 Å². The lowest BCUT2D eigenvalue weighted by molar-refractivity contribution is -0.129. The van der Waals surface area contributed by atoms with Crippen molar-refractivity contribution in [2.24, 2.45) is 0 Å². The van der Waals surface area contributed by atoms with Crippen LogP contribution in [0.3, 0.4) is 0 Å². The van der Waals surface area contributed by atoms with Gasteiger partial charge in [0.25, 0.3) is 5.91 Å². The highest BCUT2D eigenvalue weighted by molar-refractivity contribution is 8.00. The van der Waals surface area contributed by atoms with Gasteiger partial charge in [0.05, 0.1) is 11.3 Å². The Bertz CT molecular complexity index is 633. The molecule has 9 heteroatoms. The molecule has 0 aromatic heterocycles. The van der Waals surface area contributed by atoms with Crippen LogP contribution < -0.4 is 10.9 Å². The van der Waals surface area contributed by atoms with E-state index in [1.165, 1.54) is 23.6 Å². The lowest BCUT2D eigenvalue weighted by Gasteiger charge is -2.12. The van der Waals surface area contributed by atoms with Crippen molar-refractivity contribution in [1.82, 2.24) is 15.8 Å². The van der Waals surface area contributed by atoms with Gasteiger partial charge in [0.2, 0.25) is 11.8 Å². The molecule has 1 aromatic carbocycles. The average molecular weight is 353 g/mol. The van der Waals surface area contributed by atoms with Crippen molar-refractivity contribution in [2.45, 2.75) is 11.8 Å². The number of hydrogen-bond acceptors (Lipinski definition) is 6. The molecule has 1 aromatic rings. The highest BCUT2D eigenvalue weighted by atomic mass is 32.2. The van der Waals surface area contributed by atoms with Gasteiger partial charge in [-0.3, -0.25) is 25.2 Å². The normalized spacial score (nSPS) is 9.79. The van der Waals surface area contributed by atoms with Gasteiger partial charge >= 0.3 is 5.97 Å². The average Bonchev–Trinajstić information content (AvgIpc) is 2.55. The lowest BCUT2D eigenvalue weighted by atomic mass is 10.2. The van der Waals surface area contributed by atoms with Crippen molar-refractivity contribution in [1.29, 1.82) is 0 Å². The summed E-state index contributed by atoms with van der Waals surface area (Å²) >= 11 is 1.21. The van der Waals surface area contributed by atoms with E-state index in [1.807, 2.05) is 0 Å². The SMILES string of the molecule is CC(=O)NNC(=O)COC(=O)c1ccccc1SCC(=O)N(C)C. The zero-order valence-electron chi connectivity index (χ0n) is 13.6. The van der Waals surface area contributed by atoms with Crippen LogP contribution in [-0.2, 0) is 19.1 Å². The smallest absolute Gasteiger partial charge is 0.339 e. The molecule has 0 aliphatic rings. The van der Waals surface area contributed by atoms with E-state index in [0.29, 0.717) is 4.90 Å². The van der Waals surface area contributed by atoms with Gasteiger partial charge in [-0.25, -0.2) is 4.79 Å². The third-order valence-electron chi connectivity index (χ3n) is 2.67. The molecular formula is C15H19N3O5S. The highest BCUT2D eigenvalue weighted by Gasteiger charge is 2.16. The Morgan fingerprint density at radius 2 is 1.79 bits per heavy atom. The first-order valence-corrected chi connectivity index (χ1v) is 7.94. The minimum absolute atomic E-state index is 0.0853. The molecule has 130 valence electrons. The quantitative estimate of drug-likeness (QED) is 0.430. The van der Waals surface area contributed by atoms with Gasteiger partial charge < -0.3 is 9.64 Å². The molecule has 0 atom stereocenters. The van der Waals surface area contributed by atoms with E-state index in [-0.39, 0.29) is 17.2 Å². The summed E-state index contributed by atoms with van der Waals surface area (Å²) in [4.78, 5) is 47.8. The van der Waals surface area contributed by atoms with Gasteiger partial charge in [-0.2, -0.15) is 0 Å². The largest absolute Gasteiger partial charge is 0.452 e. The molecule has 0 heterocycles. The molecule has 2 N–H and O–H groups in total. The third-order valence-corrected chi connectivity index (χ3v) is 3.73. The first kappa shape index (κ1) is 19.5. The fourth-order valence-electron chi connectivity index (χ4n) is 1.43. The fourth-order valence-corrected chi connectivity index (χ4v) is 2.45. The molecular weight excluding hydrogens is 334 g/mol. The molecule has 0 aliphatic carbocycles. The number of carbonyl (C=O) groups is 4. The molecule has 3 amide bonds. The second kappa shape index (κ2) is 9.56. The molecule has 0 saturated heterocycles. The maximum Gasteiger partial charge on any atom is 0.339 e. The molecule has 0 saturated carbocycles. The molecule has 0 spiro atoms. The van der Waals surface area contributed by atoms with Gasteiger partial charge in [0.15, 0.2) is 6.61 Å². The van der Waals surface area contributed by atoms with Crippen molar-refractivity contribution in [3.05, 3.63) is 29.8 Å². The van der Waals surface area contributed by atoms with E-state index in [2.05, 4.69) is 10.9 Å². The summed E-state index contributed by atoms with van der Waals surface area (Å²) in [5.74, 6) is -1.69. The first-order chi connectivity index (χ1) is 11.3. The van der Waals surface area contributed by atoms with Crippen molar-refractivity contribution in [3.63, 3.8) is 0 Å². The predicted octanol–water partition coefficient (Wildman–Crippen LogP) is 0.191. The minimum atomic E-state index is -0.687. The van der Waals surface area contributed by atoms with Crippen LogP contribution in [-0.4, -0.2) is 55.0 Å². The molecule has 1 rings (SSSR count). The van der Waals surface area contributed by atoms with Crippen LogP contribution in [0.15, 0.2) is 29.2 Å². The van der Waals surface area contributed by atoms with Crippen LogP contribution in [0.25, 0.3) is 0 Å². The van der Waals surface area contributed by atoms with E-state index in [1.54, 1.807) is 38.4 Å². The van der Waals surface area contributed by atoms with E-state index < -0.39 is 24.4 Å². The Kier molecular flexibility index (Phi) is 7.76. The van der Waals surface area contributed by atoms with Crippen LogP contribution in [0, 0.1) is 0 Å².